The summed E-state index contributed by atoms with van der Waals surface area (Å²) < 4.78 is 24.3. The lowest BCUT2D eigenvalue weighted by Gasteiger charge is -2.16. The molecule has 1 aromatic heterocycles. The van der Waals surface area contributed by atoms with Gasteiger partial charge in [0, 0.05) is 37.6 Å². The first kappa shape index (κ1) is 12.2. The number of anilines is 1. The zero-order chi connectivity index (χ0) is 12.3. The van der Waals surface area contributed by atoms with Gasteiger partial charge in [-0.15, -0.1) is 0 Å². The van der Waals surface area contributed by atoms with Crippen LogP contribution in [0.5, 0.6) is 0 Å². The largest absolute Gasteiger partial charge is 0.338 e. The highest BCUT2D eigenvalue weighted by atomic mass is 19.3. The van der Waals surface area contributed by atoms with Crippen LogP contribution in [0.3, 0.4) is 0 Å². The predicted molar refractivity (Wildman–Crippen MR) is 61.2 cm³/mol. The SMILES string of the molecule is CN(CC(F)F)c1ncc(CNC2CC2)cn1. The third kappa shape index (κ3) is 3.89. The molecule has 17 heavy (non-hydrogen) atoms. The molecule has 0 aliphatic heterocycles. The van der Waals surface area contributed by atoms with Gasteiger partial charge in [0.05, 0.1) is 6.54 Å². The summed E-state index contributed by atoms with van der Waals surface area (Å²) in [6.45, 7) is 0.392. The van der Waals surface area contributed by atoms with E-state index in [1.54, 1.807) is 19.4 Å². The molecule has 1 aromatic rings. The van der Waals surface area contributed by atoms with E-state index in [-0.39, 0.29) is 6.54 Å². The first-order valence-corrected chi connectivity index (χ1v) is 5.68. The molecule has 0 unspecified atom stereocenters. The van der Waals surface area contributed by atoms with Gasteiger partial charge in [-0.05, 0) is 12.8 Å². The second kappa shape index (κ2) is 5.35. The summed E-state index contributed by atoms with van der Waals surface area (Å²) >= 11 is 0. The van der Waals surface area contributed by atoms with E-state index in [0.717, 1.165) is 12.1 Å². The van der Waals surface area contributed by atoms with Gasteiger partial charge in [-0.1, -0.05) is 0 Å². The van der Waals surface area contributed by atoms with Crippen LogP contribution in [0.25, 0.3) is 0 Å². The number of nitrogens with one attached hydrogen (secondary N) is 1. The minimum atomic E-state index is -2.38. The van der Waals surface area contributed by atoms with Crippen LogP contribution in [-0.4, -0.2) is 36.0 Å². The van der Waals surface area contributed by atoms with Gasteiger partial charge in [0.2, 0.25) is 5.95 Å². The van der Waals surface area contributed by atoms with Crippen molar-refractivity contribution >= 4 is 5.95 Å². The van der Waals surface area contributed by atoms with E-state index in [9.17, 15) is 8.78 Å². The summed E-state index contributed by atoms with van der Waals surface area (Å²) in [6, 6.07) is 0.635. The first-order chi connectivity index (χ1) is 8.15. The normalized spacial score (nSPS) is 15.3. The second-order valence-corrected chi connectivity index (χ2v) is 4.32. The van der Waals surface area contributed by atoms with Gasteiger partial charge in [-0.2, -0.15) is 0 Å². The number of rotatable bonds is 6. The van der Waals surface area contributed by atoms with Crippen LogP contribution in [0, 0.1) is 0 Å². The standard InChI is InChI=1S/C11H16F2N4/c1-17(7-10(12)13)11-15-5-8(6-16-11)4-14-9-2-3-9/h5-6,9-10,14H,2-4,7H2,1H3. The van der Waals surface area contributed by atoms with E-state index in [1.165, 1.54) is 17.7 Å². The highest BCUT2D eigenvalue weighted by Crippen LogP contribution is 2.19. The Balaban J connectivity index is 1.87. The van der Waals surface area contributed by atoms with Crippen LogP contribution < -0.4 is 10.2 Å². The molecule has 0 spiro atoms. The van der Waals surface area contributed by atoms with Crippen molar-refractivity contribution in [2.75, 3.05) is 18.5 Å². The summed E-state index contributed by atoms with van der Waals surface area (Å²) in [4.78, 5) is 9.49. The molecule has 1 fully saturated rings. The van der Waals surface area contributed by atoms with Crippen molar-refractivity contribution in [3.63, 3.8) is 0 Å². The fraction of sp³-hybridized carbons (Fsp3) is 0.636. The molecule has 0 aromatic carbocycles. The van der Waals surface area contributed by atoms with E-state index in [2.05, 4.69) is 15.3 Å². The fourth-order valence-electron chi connectivity index (χ4n) is 1.47. The summed E-state index contributed by atoms with van der Waals surface area (Å²) in [7, 11) is 1.56. The van der Waals surface area contributed by atoms with Crippen LogP contribution >= 0.6 is 0 Å². The zero-order valence-corrected chi connectivity index (χ0v) is 9.74. The van der Waals surface area contributed by atoms with Gasteiger partial charge in [0.1, 0.15) is 0 Å². The topological polar surface area (TPSA) is 41.1 Å². The average Bonchev–Trinajstić information content (AvgIpc) is 3.10. The van der Waals surface area contributed by atoms with Crippen molar-refractivity contribution in [1.82, 2.24) is 15.3 Å². The second-order valence-electron chi connectivity index (χ2n) is 4.32. The monoisotopic (exact) mass is 242 g/mol. The number of nitrogens with zero attached hydrogens (tertiary/aromatic N) is 3. The Hall–Kier alpha value is -1.30. The lowest BCUT2D eigenvalue weighted by molar-refractivity contribution is 0.156. The third-order valence-corrected chi connectivity index (χ3v) is 2.62. The predicted octanol–water partition coefficient (Wildman–Crippen LogP) is 1.43. The Morgan fingerprint density at radius 3 is 2.59 bits per heavy atom. The van der Waals surface area contributed by atoms with Gasteiger partial charge in [-0.25, -0.2) is 18.7 Å². The van der Waals surface area contributed by atoms with Gasteiger partial charge >= 0.3 is 0 Å². The molecular weight excluding hydrogens is 226 g/mol. The molecule has 1 aliphatic rings. The number of hydrogen-bond donors (Lipinski definition) is 1. The van der Waals surface area contributed by atoms with Gasteiger partial charge < -0.3 is 10.2 Å². The summed E-state index contributed by atoms with van der Waals surface area (Å²) in [5.41, 5.74) is 0.978. The number of aromatic nitrogens is 2. The van der Waals surface area contributed by atoms with E-state index in [4.69, 9.17) is 0 Å². The average molecular weight is 242 g/mol. The lowest BCUT2D eigenvalue weighted by atomic mass is 10.3. The molecule has 1 N–H and O–H groups in total. The molecule has 1 aliphatic carbocycles. The molecule has 0 radical (unpaired) electrons. The number of halogens is 2. The van der Waals surface area contributed by atoms with Crippen molar-refractivity contribution in [2.45, 2.75) is 31.9 Å². The van der Waals surface area contributed by atoms with Crippen molar-refractivity contribution in [1.29, 1.82) is 0 Å². The summed E-state index contributed by atoms with van der Waals surface area (Å²) in [5, 5.41) is 3.34. The van der Waals surface area contributed by atoms with E-state index in [1.807, 2.05) is 0 Å². The smallest absolute Gasteiger partial charge is 0.255 e. The minimum Gasteiger partial charge on any atom is -0.338 e. The van der Waals surface area contributed by atoms with Crippen molar-refractivity contribution in [3.05, 3.63) is 18.0 Å². The molecule has 1 heterocycles. The highest BCUT2D eigenvalue weighted by molar-refractivity contribution is 5.28. The first-order valence-electron chi connectivity index (χ1n) is 5.68. The lowest BCUT2D eigenvalue weighted by Crippen LogP contribution is -2.26. The molecule has 4 nitrogen and oxygen atoms in total. The molecule has 0 atom stereocenters. The molecule has 0 saturated heterocycles. The van der Waals surface area contributed by atoms with Crippen LogP contribution in [0.2, 0.25) is 0 Å². The number of alkyl halides is 2. The minimum absolute atomic E-state index is 0.334. The highest BCUT2D eigenvalue weighted by Gasteiger charge is 2.20. The van der Waals surface area contributed by atoms with Gasteiger partial charge in [0.15, 0.2) is 0 Å². The Morgan fingerprint density at radius 2 is 2.06 bits per heavy atom. The Bertz CT molecular complexity index is 351. The molecular formula is C11H16F2N4. The summed E-state index contributed by atoms with van der Waals surface area (Å²) in [6.07, 6.45) is 3.45. The molecule has 0 bridgehead atoms. The van der Waals surface area contributed by atoms with Crippen LogP contribution in [0.1, 0.15) is 18.4 Å². The van der Waals surface area contributed by atoms with Crippen molar-refractivity contribution in [3.8, 4) is 0 Å². The molecule has 1 saturated carbocycles. The van der Waals surface area contributed by atoms with Gasteiger partial charge in [-0.3, -0.25) is 0 Å². The number of hydrogen-bond acceptors (Lipinski definition) is 4. The van der Waals surface area contributed by atoms with E-state index >= 15 is 0 Å². The zero-order valence-electron chi connectivity index (χ0n) is 9.74. The van der Waals surface area contributed by atoms with Crippen molar-refractivity contribution < 1.29 is 8.78 Å². The molecule has 0 amide bonds. The fourth-order valence-corrected chi connectivity index (χ4v) is 1.47. The Morgan fingerprint density at radius 1 is 1.41 bits per heavy atom. The maximum atomic E-state index is 12.2. The van der Waals surface area contributed by atoms with Crippen LogP contribution in [-0.2, 0) is 6.54 Å². The maximum absolute atomic E-state index is 12.2. The van der Waals surface area contributed by atoms with E-state index in [0.29, 0.717) is 12.0 Å². The summed E-state index contributed by atoms with van der Waals surface area (Å²) in [5.74, 6) is 0.334. The maximum Gasteiger partial charge on any atom is 0.255 e. The Kier molecular flexibility index (Phi) is 3.83. The quantitative estimate of drug-likeness (QED) is 0.819. The Labute approximate surface area is 99.1 Å². The molecule has 6 heteroatoms. The van der Waals surface area contributed by atoms with Gasteiger partial charge in [0.25, 0.3) is 6.43 Å². The molecule has 94 valence electrons. The van der Waals surface area contributed by atoms with E-state index < -0.39 is 6.43 Å². The van der Waals surface area contributed by atoms with Crippen molar-refractivity contribution in [2.24, 2.45) is 0 Å². The van der Waals surface area contributed by atoms with Crippen LogP contribution in [0.4, 0.5) is 14.7 Å². The van der Waals surface area contributed by atoms with Crippen LogP contribution in [0.15, 0.2) is 12.4 Å². The third-order valence-electron chi connectivity index (χ3n) is 2.62. The molecule has 2 rings (SSSR count).